The molecule has 0 radical (unpaired) electrons. The molecular formula is C12H11FN4O. The monoisotopic (exact) mass is 246 g/mol. The maximum absolute atomic E-state index is 13.4. The lowest BCUT2D eigenvalue weighted by Gasteiger charge is -2.08. The van der Waals surface area contributed by atoms with Crippen LogP contribution in [0.4, 0.5) is 10.1 Å². The van der Waals surface area contributed by atoms with E-state index in [0.29, 0.717) is 5.69 Å². The third-order valence-corrected chi connectivity index (χ3v) is 2.31. The minimum atomic E-state index is -0.444. The van der Waals surface area contributed by atoms with Crippen molar-refractivity contribution in [3.63, 3.8) is 0 Å². The van der Waals surface area contributed by atoms with Gasteiger partial charge in [0, 0.05) is 6.07 Å². The minimum Gasteiger partial charge on any atom is -0.436 e. The summed E-state index contributed by atoms with van der Waals surface area (Å²) in [6.45, 7) is 1.81. The molecule has 0 fully saturated rings. The van der Waals surface area contributed by atoms with E-state index in [-0.39, 0.29) is 11.6 Å². The molecule has 2 aromatic rings. The fraction of sp³-hybridized carbons (Fsp3) is 0.0833. The second-order valence-corrected chi connectivity index (χ2v) is 3.59. The molecule has 0 spiro atoms. The van der Waals surface area contributed by atoms with Crippen molar-refractivity contribution in [2.24, 2.45) is 5.22 Å². The van der Waals surface area contributed by atoms with Gasteiger partial charge in [-0.3, -0.25) is 5.43 Å². The van der Waals surface area contributed by atoms with Crippen LogP contribution in [0.25, 0.3) is 0 Å². The van der Waals surface area contributed by atoms with Gasteiger partial charge in [-0.1, -0.05) is 17.4 Å². The molecule has 1 aromatic heterocycles. The molecule has 92 valence electrons. The van der Waals surface area contributed by atoms with Gasteiger partial charge in [-0.25, -0.2) is 9.37 Å². The maximum Gasteiger partial charge on any atom is 0.219 e. The summed E-state index contributed by atoms with van der Waals surface area (Å²) in [5.74, 6) is -0.0382. The van der Waals surface area contributed by atoms with Crippen LogP contribution in [0.3, 0.4) is 0 Å². The summed E-state index contributed by atoms with van der Waals surface area (Å²) in [5, 5.41) is 3.05. The van der Waals surface area contributed by atoms with E-state index >= 15 is 0 Å². The Hall–Kier alpha value is -2.50. The fourth-order valence-electron chi connectivity index (χ4n) is 1.40. The van der Waals surface area contributed by atoms with Gasteiger partial charge in [-0.2, -0.15) is 5.53 Å². The van der Waals surface area contributed by atoms with Crippen LogP contribution in [0.2, 0.25) is 0 Å². The quantitative estimate of drug-likeness (QED) is 0.638. The van der Waals surface area contributed by atoms with E-state index in [2.05, 4.69) is 15.6 Å². The number of nitrogens with zero attached hydrogens (tertiary/aromatic N) is 2. The molecule has 5 nitrogen and oxygen atoms in total. The number of halogens is 1. The molecule has 1 heterocycles. The Morgan fingerprint density at radius 3 is 2.83 bits per heavy atom. The SMILES string of the molecule is Cc1cc(Oc2ccccc2F)ncc1NN=N. The first-order valence-corrected chi connectivity index (χ1v) is 5.22. The standard InChI is InChI=1S/C12H11FN4O/c1-8-6-12(15-7-10(8)16-17-14)18-11-5-3-2-4-9(11)13/h2-7H,1H3,(H2,14,16). The number of aromatic nitrogens is 1. The van der Waals surface area contributed by atoms with Crippen molar-refractivity contribution < 1.29 is 9.13 Å². The average molecular weight is 246 g/mol. The van der Waals surface area contributed by atoms with Gasteiger partial charge in [0.2, 0.25) is 5.88 Å². The van der Waals surface area contributed by atoms with Gasteiger partial charge < -0.3 is 4.74 Å². The van der Waals surface area contributed by atoms with Crippen molar-refractivity contribution in [3.8, 4) is 11.6 Å². The average Bonchev–Trinajstić information content (AvgIpc) is 2.36. The number of hydrogen-bond donors (Lipinski definition) is 2. The summed E-state index contributed by atoms with van der Waals surface area (Å²) in [4.78, 5) is 4.00. The molecule has 0 bridgehead atoms. The van der Waals surface area contributed by atoms with Gasteiger partial charge in [0.1, 0.15) is 0 Å². The van der Waals surface area contributed by atoms with E-state index < -0.39 is 5.82 Å². The van der Waals surface area contributed by atoms with Crippen molar-refractivity contribution in [1.29, 1.82) is 5.53 Å². The van der Waals surface area contributed by atoms with E-state index in [1.165, 1.54) is 18.3 Å². The largest absolute Gasteiger partial charge is 0.436 e. The van der Waals surface area contributed by atoms with Gasteiger partial charge in [0.25, 0.3) is 0 Å². The first kappa shape index (κ1) is 12.0. The second-order valence-electron chi connectivity index (χ2n) is 3.59. The van der Waals surface area contributed by atoms with Crippen molar-refractivity contribution in [2.45, 2.75) is 6.92 Å². The Morgan fingerprint density at radius 1 is 1.39 bits per heavy atom. The summed E-state index contributed by atoms with van der Waals surface area (Å²) in [5.41, 5.74) is 10.6. The number of para-hydroxylation sites is 1. The molecule has 0 amide bonds. The molecule has 0 aliphatic carbocycles. The summed E-state index contributed by atoms with van der Waals surface area (Å²) in [6.07, 6.45) is 1.48. The molecule has 0 saturated carbocycles. The van der Waals surface area contributed by atoms with Gasteiger partial charge in [-0.15, -0.1) is 0 Å². The Labute approximate surface area is 103 Å². The van der Waals surface area contributed by atoms with Crippen LogP contribution in [0.15, 0.2) is 41.8 Å². The van der Waals surface area contributed by atoms with E-state index in [9.17, 15) is 4.39 Å². The van der Waals surface area contributed by atoms with E-state index in [1.54, 1.807) is 18.2 Å². The molecule has 18 heavy (non-hydrogen) atoms. The summed E-state index contributed by atoms with van der Waals surface area (Å²) >= 11 is 0. The van der Waals surface area contributed by atoms with Crippen LogP contribution < -0.4 is 10.2 Å². The number of nitrogens with one attached hydrogen (secondary N) is 2. The van der Waals surface area contributed by atoms with E-state index in [1.807, 2.05) is 6.92 Å². The number of hydrogen-bond acceptors (Lipinski definition) is 4. The smallest absolute Gasteiger partial charge is 0.219 e. The lowest BCUT2D eigenvalue weighted by molar-refractivity contribution is 0.427. The molecule has 6 heteroatoms. The van der Waals surface area contributed by atoms with Crippen LogP contribution in [-0.4, -0.2) is 4.98 Å². The van der Waals surface area contributed by atoms with E-state index in [4.69, 9.17) is 10.3 Å². The molecule has 1 aromatic carbocycles. The van der Waals surface area contributed by atoms with Crippen LogP contribution in [-0.2, 0) is 0 Å². The number of ether oxygens (including phenoxy) is 1. The fourth-order valence-corrected chi connectivity index (χ4v) is 1.40. The Morgan fingerprint density at radius 2 is 2.17 bits per heavy atom. The number of rotatable bonds is 4. The maximum atomic E-state index is 13.4. The second kappa shape index (κ2) is 5.22. The Balaban J connectivity index is 2.23. The lowest BCUT2D eigenvalue weighted by atomic mass is 10.2. The third-order valence-electron chi connectivity index (χ3n) is 2.31. The number of benzene rings is 1. The molecule has 0 aliphatic heterocycles. The van der Waals surface area contributed by atoms with Crippen molar-refractivity contribution >= 4 is 5.69 Å². The first-order chi connectivity index (χ1) is 8.70. The minimum absolute atomic E-state index is 0.121. The number of pyridine rings is 1. The summed E-state index contributed by atoms with van der Waals surface area (Å²) in [6, 6.07) is 7.75. The van der Waals surface area contributed by atoms with Crippen LogP contribution >= 0.6 is 0 Å². The zero-order valence-electron chi connectivity index (χ0n) is 9.64. The lowest BCUT2D eigenvalue weighted by Crippen LogP contribution is -1.95. The Kier molecular flexibility index (Phi) is 3.47. The number of anilines is 1. The summed E-state index contributed by atoms with van der Waals surface area (Å²) < 4.78 is 18.7. The molecule has 0 saturated heterocycles. The molecular weight excluding hydrogens is 235 g/mol. The van der Waals surface area contributed by atoms with Crippen LogP contribution in [0, 0.1) is 18.3 Å². The van der Waals surface area contributed by atoms with Crippen LogP contribution in [0.1, 0.15) is 5.56 Å². The van der Waals surface area contributed by atoms with Crippen molar-refractivity contribution in [3.05, 3.63) is 47.9 Å². The predicted octanol–water partition coefficient (Wildman–Crippen LogP) is 3.68. The highest BCUT2D eigenvalue weighted by Crippen LogP contribution is 2.25. The Bertz CT molecular complexity index is 574. The van der Waals surface area contributed by atoms with Gasteiger partial charge >= 0.3 is 0 Å². The molecule has 0 aliphatic rings. The highest BCUT2D eigenvalue weighted by Gasteiger charge is 2.06. The molecule has 0 unspecified atom stereocenters. The molecule has 2 N–H and O–H groups in total. The van der Waals surface area contributed by atoms with Crippen LogP contribution in [0.5, 0.6) is 11.6 Å². The first-order valence-electron chi connectivity index (χ1n) is 5.22. The van der Waals surface area contributed by atoms with Gasteiger partial charge in [0.05, 0.1) is 11.9 Å². The summed E-state index contributed by atoms with van der Waals surface area (Å²) in [7, 11) is 0. The van der Waals surface area contributed by atoms with Gasteiger partial charge in [0.15, 0.2) is 11.6 Å². The van der Waals surface area contributed by atoms with Gasteiger partial charge in [-0.05, 0) is 24.6 Å². The van der Waals surface area contributed by atoms with Crippen molar-refractivity contribution in [2.75, 3.05) is 5.43 Å². The van der Waals surface area contributed by atoms with E-state index in [0.717, 1.165) is 5.56 Å². The zero-order chi connectivity index (χ0) is 13.0. The molecule has 0 atom stereocenters. The molecule has 2 rings (SSSR count). The normalized spacial score (nSPS) is 9.89. The van der Waals surface area contributed by atoms with Crippen molar-refractivity contribution in [1.82, 2.24) is 4.98 Å². The highest BCUT2D eigenvalue weighted by atomic mass is 19.1. The zero-order valence-corrected chi connectivity index (χ0v) is 9.64. The third kappa shape index (κ3) is 2.60. The highest BCUT2D eigenvalue weighted by molar-refractivity contribution is 5.49. The predicted molar refractivity (Wildman–Crippen MR) is 64.2 cm³/mol. The topological polar surface area (TPSA) is 70.4 Å². The number of aryl methyl sites for hydroxylation is 1.